The van der Waals surface area contributed by atoms with Crippen LogP contribution < -0.4 is 15.7 Å². The van der Waals surface area contributed by atoms with Gasteiger partial charge in [-0.3, -0.25) is 0 Å². The predicted octanol–water partition coefficient (Wildman–Crippen LogP) is 5.69. The van der Waals surface area contributed by atoms with Crippen LogP contribution >= 0.6 is 6.98 Å². The SMILES string of the molecule is C=CCC1(C)C(c2ccccc2)(c2ccccc2)OP1(N=C([O-])OC)(c1ccccc1)c1ccccc1. The Morgan fingerprint density at radius 1 is 0.811 bits per heavy atom. The van der Waals surface area contributed by atoms with Crippen LogP contribution in [0.2, 0.25) is 0 Å². The average molecular weight is 509 g/mol. The summed E-state index contributed by atoms with van der Waals surface area (Å²) in [6, 6.07) is 40.4. The Morgan fingerprint density at radius 3 is 1.59 bits per heavy atom. The summed E-state index contributed by atoms with van der Waals surface area (Å²) in [7, 11) is 1.36. The molecule has 1 fully saturated rings. The van der Waals surface area contributed by atoms with Gasteiger partial charge in [-0.1, -0.05) is 0 Å². The van der Waals surface area contributed by atoms with E-state index in [9.17, 15) is 5.11 Å². The summed E-state index contributed by atoms with van der Waals surface area (Å²) < 4.78 is 17.8. The van der Waals surface area contributed by atoms with Gasteiger partial charge < -0.3 is 0 Å². The molecule has 0 spiro atoms. The summed E-state index contributed by atoms with van der Waals surface area (Å²) in [4.78, 5) is 0. The number of hydrogen-bond acceptors (Lipinski definition) is 4. The van der Waals surface area contributed by atoms with Crippen molar-refractivity contribution in [3.8, 4) is 0 Å². The molecule has 1 atom stereocenters. The van der Waals surface area contributed by atoms with E-state index in [1.807, 2.05) is 103 Å². The zero-order chi connectivity index (χ0) is 26.0. The summed E-state index contributed by atoms with van der Waals surface area (Å²) in [5.74, 6) is 0. The third-order valence-corrected chi connectivity index (χ3v) is 13.8. The molecule has 1 aliphatic heterocycles. The van der Waals surface area contributed by atoms with Crippen molar-refractivity contribution in [3.05, 3.63) is 145 Å². The molecule has 0 N–H and O–H groups in total. The summed E-state index contributed by atoms with van der Waals surface area (Å²) in [6.07, 6.45) is 1.80. The normalized spacial score (nSPS) is 22.5. The van der Waals surface area contributed by atoms with Gasteiger partial charge in [-0.2, -0.15) is 0 Å². The van der Waals surface area contributed by atoms with Gasteiger partial charge in [0, 0.05) is 0 Å². The molecule has 5 rings (SSSR count). The fourth-order valence-electron chi connectivity index (χ4n) is 6.23. The van der Waals surface area contributed by atoms with Crippen molar-refractivity contribution in [1.29, 1.82) is 0 Å². The van der Waals surface area contributed by atoms with Gasteiger partial charge in [-0.25, -0.2) is 0 Å². The van der Waals surface area contributed by atoms with E-state index >= 15 is 0 Å². The maximum absolute atomic E-state index is 13.3. The monoisotopic (exact) mass is 508 g/mol. The number of allylic oxidation sites excluding steroid dienone is 1. The first-order chi connectivity index (χ1) is 18.0. The van der Waals surface area contributed by atoms with Crippen LogP contribution in [-0.2, 0) is 14.9 Å². The van der Waals surface area contributed by atoms with Crippen LogP contribution in [0.15, 0.2) is 139 Å². The number of hydrogen-bond donors (Lipinski definition) is 0. The van der Waals surface area contributed by atoms with Crippen LogP contribution in [-0.4, -0.2) is 18.3 Å². The molecule has 0 aromatic heterocycles. The van der Waals surface area contributed by atoms with Crippen molar-refractivity contribution in [3.63, 3.8) is 0 Å². The third-order valence-electron chi connectivity index (χ3n) is 7.81. The summed E-state index contributed by atoms with van der Waals surface area (Å²) in [6.45, 7) is 2.21. The Kier molecular flexibility index (Phi) is 6.27. The van der Waals surface area contributed by atoms with Crippen LogP contribution in [0.5, 0.6) is 0 Å². The first-order valence-corrected chi connectivity index (χ1v) is 14.5. The van der Waals surface area contributed by atoms with Gasteiger partial charge in [-0.05, 0) is 0 Å². The minimum absolute atomic E-state index is 0.541. The van der Waals surface area contributed by atoms with Crippen LogP contribution in [0.1, 0.15) is 24.5 Å². The van der Waals surface area contributed by atoms with Crippen molar-refractivity contribution in [2.75, 3.05) is 7.11 Å². The van der Waals surface area contributed by atoms with E-state index in [1.54, 1.807) is 0 Å². The molecule has 37 heavy (non-hydrogen) atoms. The second-order valence-electron chi connectivity index (χ2n) is 9.50. The molecule has 5 heteroatoms. The number of nitrogens with zero attached hydrogens (tertiary/aromatic N) is 1. The standard InChI is InChI=1S/C32H32NO3P/c1-4-25-31(2)32(26-17-9-5-10-18-26,27-19-11-6-12-20-27)36-37(31,33-30(34)35-3,28-21-13-7-14-22-28)29-23-15-8-16-24-29/h4-24H,1,25H2,2-3H3,(H,33,34)/p-1. The van der Waals surface area contributed by atoms with Gasteiger partial charge in [0.15, 0.2) is 0 Å². The molecule has 1 saturated heterocycles. The van der Waals surface area contributed by atoms with E-state index in [-0.39, 0.29) is 0 Å². The first-order valence-electron chi connectivity index (χ1n) is 12.4. The molecular weight excluding hydrogens is 477 g/mol. The van der Waals surface area contributed by atoms with E-state index in [1.165, 1.54) is 7.11 Å². The molecule has 4 aromatic rings. The number of ether oxygens (including phenoxy) is 1. The molecule has 1 aliphatic rings. The Labute approximate surface area is 219 Å². The van der Waals surface area contributed by atoms with Gasteiger partial charge in [0.25, 0.3) is 0 Å². The van der Waals surface area contributed by atoms with Crippen LogP contribution in [0.3, 0.4) is 0 Å². The van der Waals surface area contributed by atoms with Crippen LogP contribution in [0.25, 0.3) is 0 Å². The number of benzene rings is 4. The molecule has 0 saturated carbocycles. The van der Waals surface area contributed by atoms with Crippen molar-refractivity contribution >= 4 is 23.7 Å². The minimum atomic E-state index is -4.16. The quantitative estimate of drug-likeness (QED) is 0.139. The summed E-state index contributed by atoms with van der Waals surface area (Å²) >= 11 is 0. The van der Waals surface area contributed by atoms with Crippen molar-refractivity contribution in [1.82, 2.24) is 0 Å². The fraction of sp³-hybridized carbons (Fsp3) is 0.156. The van der Waals surface area contributed by atoms with E-state index in [4.69, 9.17) is 14.0 Å². The van der Waals surface area contributed by atoms with Crippen molar-refractivity contribution in [2.24, 2.45) is 4.76 Å². The van der Waals surface area contributed by atoms with Gasteiger partial charge >= 0.3 is 219 Å². The van der Waals surface area contributed by atoms with Gasteiger partial charge in [-0.15, -0.1) is 0 Å². The van der Waals surface area contributed by atoms with Gasteiger partial charge in [0.1, 0.15) is 0 Å². The molecule has 1 heterocycles. The van der Waals surface area contributed by atoms with Gasteiger partial charge in [0.2, 0.25) is 0 Å². The zero-order valence-corrected chi connectivity index (χ0v) is 22.1. The molecule has 4 aromatic carbocycles. The fourth-order valence-corrected chi connectivity index (χ4v) is 12.6. The third kappa shape index (κ3) is 3.19. The molecule has 0 amide bonds. The Balaban J connectivity index is 2.00. The topological polar surface area (TPSA) is 53.9 Å². The Morgan fingerprint density at radius 2 is 1.22 bits per heavy atom. The van der Waals surface area contributed by atoms with Gasteiger partial charge in [0.05, 0.1) is 0 Å². The summed E-state index contributed by atoms with van der Waals surface area (Å²) in [5.41, 5.74) is 1.08. The van der Waals surface area contributed by atoms with E-state index < -0.39 is 23.8 Å². The van der Waals surface area contributed by atoms with E-state index in [2.05, 4.69) is 37.8 Å². The van der Waals surface area contributed by atoms with Crippen molar-refractivity contribution < 1.29 is 14.4 Å². The van der Waals surface area contributed by atoms with E-state index in [0.29, 0.717) is 6.42 Å². The molecule has 0 radical (unpaired) electrons. The molecule has 0 aliphatic carbocycles. The maximum atomic E-state index is 13.3. The van der Waals surface area contributed by atoms with Crippen LogP contribution in [0, 0.1) is 0 Å². The Bertz CT molecular complexity index is 1330. The first kappa shape index (κ1) is 25.0. The zero-order valence-electron chi connectivity index (χ0n) is 21.2. The number of rotatable bonds is 7. The van der Waals surface area contributed by atoms with Crippen LogP contribution in [0.4, 0.5) is 0 Å². The second kappa shape index (κ2) is 9.30. The molecule has 188 valence electrons. The number of methoxy groups -OCH3 is 1. The molecule has 0 bridgehead atoms. The molecule has 1 unspecified atom stereocenters. The van der Waals surface area contributed by atoms with E-state index in [0.717, 1.165) is 21.7 Å². The second-order valence-corrected chi connectivity index (χ2v) is 13.9. The predicted molar refractivity (Wildman–Crippen MR) is 151 cm³/mol. The molecule has 4 nitrogen and oxygen atoms in total. The molecular formula is C32H31NO3P-. The average Bonchev–Trinajstić information content (AvgIpc) is 2.97. The summed E-state index contributed by atoms with van der Waals surface area (Å²) in [5, 5.41) is 14.3. The van der Waals surface area contributed by atoms with Crippen molar-refractivity contribution in [2.45, 2.75) is 24.1 Å². The Hall–Kier alpha value is -3.72.